The first-order valence-corrected chi connectivity index (χ1v) is 20.3. The fourth-order valence-corrected chi connectivity index (χ4v) is 2.03. The smallest absolute Gasteiger partial charge is 0.753 e. The number of thiocarbonyl (C=S) groups is 8. The molecule has 36 heteroatoms. The summed E-state index contributed by atoms with van der Waals surface area (Å²) >= 11 is 29.6. The van der Waals surface area contributed by atoms with Crippen LogP contribution in [0.3, 0.4) is 0 Å². The van der Waals surface area contributed by atoms with Crippen molar-refractivity contribution in [1.29, 1.82) is 0 Å². The molecular weight excluding hydrogens is 1330 g/mol. The summed E-state index contributed by atoms with van der Waals surface area (Å²) in [6, 6.07) is 14.2. The number of rotatable bonds is 0. The molecule has 4 radical (unpaired) electrons. The van der Waals surface area contributed by atoms with Crippen molar-refractivity contribution in [3.05, 3.63) is 242 Å². The average molecular weight is 1360 g/mol. The second-order valence-electron chi connectivity index (χ2n) is 7.96. The van der Waals surface area contributed by atoms with E-state index in [1.165, 1.54) is 91.9 Å². The summed E-state index contributed by atoms with van der Waals surface area (Å²) in [4.78, 5) is 58.8. The molecule has 24 nitrogen and oxygen atoms in total. The molecule has 0 amide bonds. The second kappa shape index (κ2) is 127. The molecular formula is C40H32Cu4N24S8. The molecule has 0 fully saturated rings. The third kappa shape index (κ3) is 174. The molecule has 0 N–H and O–H groups in total. The van der Waals surface area contributed by atoms with Gasteiger partial charge in [0.05, 0.1) is 0 Å². The first-order valence-electron chi connectivity index (χ1n) is 17.0. The van der Waals surface area contributed by atoms with Crippen molar-refractivity contribution < 1.29 is 68.3 Å². The van der Waals surface area contributed by atoms with Gasteiger partial charge in [-0.25, -0.2) is 79.7 Å². The molecule has 0 atom stereocenters. The molecule has 0 bridgehead atoms. The van der Waals surface area contributed by atoms with Crippen LogP contribution in [0.25, 0.3) is 43.3 Å². The van der Waals surface area contributed by atoms with Gasteiger partial charge in [-0.1, -0.05) is 97.7 Å². The monoisotopic (exact) mass is 1360 g/mol. The van der Waals surface area contributed by atoms with Gasteiger partial charge in [0.2, 0.25) is 0 Å². The quantitative estimate of drug-likeness (QED) is 0.0775. The third-order valence-electron chi connectivity index (χ3n) is 3.82. The van der Waals surface area contributed by atoms with E-state index in [1.807, 2.05) is 0 Å². The van der Waals surface area contributed by atoms with E-state index in [0.29, 0.717) is 0 Å². The van der Waals surface area contributed by atoms with Crippen LogP contribution in [-0.4, -0.2) is 121 Å². The van der Waals surface area contributed by atoms with Crippen LogP contribution in [0.5, 0.6) is 0 Å². The Bertz CT molecular complexity index is 1680. The van der Waals surface area contributed by atoms with Crippen molar-refractivity contribution in [2.45, 2.75) is 0 Å². The van der Waals surface area contributed by atoms with Crippen LogP contribution in [0, 0.1) is 0 Å². The van der Waals surface area contributed by atoms with Crippen LogP contribution < -0.4 is 0 Å². The van der Waals surface area contributed by atoms with Crippen LogP contribution in [0.1, 0.15) is 0 Å². The summed E-state index contributed by atoms with van der Waals surface area (Å²) in [5.41, 5.74) is 0. The van der Waals surface area contributed by atoms with Crippen LogP contribution in [0.4, 0.5) is 0 Å². The van der Waals surface area contributed by atoms with Gasteiger partial charge in [-0.2, -0.15) is 41.3 Å². The van der Waals surface area contributed by atoms with E-state index in [9.17, 15) is 0 Å². The maximum Gasteiger partial charge on any atom is 2.00 e. The Balaban J connectivity index is -0.0000000579. The molecule has 0 aliphatic heterocycles. The van der Waals surface area contributed by atoms with Gasteiger partial charge in [-0.3, -0.25) is 0 Å². The van der Waals surface area contributed by atoms with Crippen molar-refractivity contribution in [1.82, 2.24) is 79.7 Å². The van der Waals surface area contributed by atoms with E-state index in [-0.39, 0.29) is 68.3 Å². The molecule has 0 unspecified atom stereocenters. The molecule has 0 aromatic carbocycles. The van der Waals surface area contributed by atoms with Crippen molar-refractivity contribution in [3.8, 4) is 0 Å². The molecule has 404 valence electrons. The summed E-state index contributed by atoms with van der Waals surface area (Å²) in [6.45, 7) is 0. The third-order valence-corrected chi connectivity index (χ3v) is 3.82. The number of hydrogen-bond donors (Lipinski definition) is 0. The fraction of sp³-hybridized carbons (Fsp3) is 0. The van der Waals surface area contributed by atoms with E-state index in [4.69, 9.17) is 43.3 Å². The number of aromatic nitrogens is 16. The Kier molecular flexibility index (Phi) is 165. The van der Waals surface area contributed by atoms with Crippen molar-refractivity contribution in [2.24, 2.45) is 0 Å². The maximum atomic E-state index is 7.13. The zero-order valence-corrected chi connectivity index (χ0v) is 48.0. The zero-order chi connectivity index (χ0) is 55.6. The van der Waals surface area contributed by atoms with E-state index >= 15 is 0 Å². The van der Waals surface area contributed by atoms with Gasteiger partial charge < -0.3 is 43.3 Å². The zero-order valence-electron chi connectivity index (χ0n) is 37.7. The predicted octanol–water partition coefficient (Wildman–Crippen LogP) is 9.07. The van der Waals surface area contributed by atoms with Crippen LogP contribution in [0.15, 0.2) is 198 Å². The molecule has 8 rings (SSSR count). The van der Waals surface area contributed by atoms with Crippen molar-refractivity contribution in [2.75, 3.05) is 0 Å². The van der Waals surface area contributed by atoms with E-state index in [0.717, 1.165) is 0 Å². The predicted molar refractivity (Wildman–Crippen MR) is 304 cm³/mol. The Labute approximate surface area is 523 Å². The first kappa shape index (κ1) is 98.3. The SMILES string of the molecule is [Cu+2].[Cu+2].[Cu+2].[Cu+2].[N-]=C=S.[N-]=C=S.[N-]=C=S.[N-]=C=S.[N-]=C=S.[N-]=C=S.[N-]=C=S.[N-]=C=S.c1cncnc1.c1cncnc1.c1cncnc1.c1cncnc1.c1cncnc1.c1cncnc1.c1cncnc1.c1cncnc1. The van der Waals surface area contributed by atoms with E-state index in [1.54, 1.807) is 148 Å². The Morgan fingerprint density at radius 2 is 0.224 bits per heavy atom. The molecule has 8 heterocycles. The van der Waals surface area contributed by atoms with E-state index in [2.05, 4.69) is 177 Å². The molecule has 76 heavy (non-hydrogen) atoms. The Morgan fingerprint density at radius 1 is 0.171 bits per heavy atom. The molecule has 0 aliphatic rings. The maximum absolute atomic E-state index is 7.13. The molecule has 0 saturated heterocycles. The number of hydrogen-bond acceptors (Lipinski definition) is 24. The summed E-state index contributed by atoms with van der Waals surface area (Å²) < 4.78 is 0. The minimum absolute atomic E-state index is 0. The molecule has 0 spiro atoms. The Morgan fingerprint density at radius 3 is 0.237 bits per heavy atom. The molecule has 8 aromatic rings. The van der Waals surface area contributed by atoms with Gasteiger partial charge in [-0.05, 0) is 48.5 Å². The minimum atomic E-state index is 0. The molecule has 0 saturated carbocycles. The van der Waals surface area contributed by atoms with Gasteiger partial charge >= 0.3 is 68.3 Å². The van der Waals surface area contributed by atoms with Gasteiger partial charge in [0.15, 0.2) is 0 Å². The summed E-state index contributed by atoms with van der Waals surface area (Å²) in [5, 5.41) is 67.7. The van der Waals surface area contributed by atoms with E-state index < -0.39 is 0 Å². The standard InChI is InChI=1S/8C4H4N2.8CNS.4Cu/c8*1-2-5-4-6-3-1;8*2-1-3;;;;/h8*1-4H;;;;;;;;;;;;/q;;;;;;;;8*-1;4*+2. The Hall–Kier alpha value is -6.88. The fourth-order valence-electron chi connectivity index (χ4n) is 2.03. The summed E-state index contributed by atoms with van der Waals surface area (Å²) in [7, 11) is 0. The average Bonchev–Trinajstić information content (AvgIpc) is 3.46. The van der Waals surface area contributed by atoms with Gasteiger partial charge in [-0.15, -0.1) is 0 Å². The normalized spacial score (nSPS) is 5.89. The van der Waals surface area contributed by atoms with Crippen molar-refractivity contribution in [3.63, 3.8) is 0 Å². The minimum Gasteiger partial charge on any atom is -0.753 e. The number of nitrogens with zero attached hydrogens (tertiary/aromatic N) is 24. The van der Waals surface area contributed by atoms with Crippen LogP contribution >= 0.6 is 97.7 Å². The largest absolute Gasteiger partial charge is 2.00 e. The van der Waals surface area contributed by atoms with Gasteiger partial charge in [0.1, 0.15) is 50.6 Å². The second-order valence-corrected chi connectivity index (χ2v) is 9.42. The summed E-state index contributed by atoms with van der Waals surface area (Å²) in [6.07, 6.45) is 39.0. The first-order chi connectivity index (χ1) is 35.3. The topological polar surface area (TPSA) is 385 Å². The van der Waals surface area contributed by atoms with Gasteiger partial charge in [0, 0.05) is 99.1 Å². The molecule has 0 aliphatic carbocycles. The van der Waals surface area contributed by atoms with Gasteiger partial charge in [0.25, 0.3) is 0 Å². The summed E-state index contributed by atoms with van der Waals surface area (Å²) in [5.74, 6) is 0. The van der Waals surface area contributed by atoms with Crippen LogP contribution in [0.2, 0.25) is 0 Å². The molecule has 8 aromatic heterocycles. The van der Waals surface area contributed by atoms with Crippen molar-refractivity contribution >= 4 is 139 Å². The number of isothiocyanates is 8. The van der Waals surface area contributed by atoms with Crippen LogP contribution in [-0.2, 0) is 68.3 Å².